The smallest absolute Gasteiger partial charge is 0.203 e. The van der Waals surface area contributed by atoms with Gasteiger partial charge in [-0.25, -0.2) is 9.97 Å². The first-order chi connectivity index (χ1) is 31.3. The second-order valence-corrected chi connectivity index (χ2v) is 20.1. The summed E-state index contributed by atoms with van der Waals surface area (Å²) in [6.07, 6.45) is 0. The molecular formula is C58H38N4Si. The lowest BCUT2D eigenvalue weighted by Crippen LogP contribution is -2.73. The van der Waals surface area contributed by atoms with Crippen LogP contribution >= 0.6 is 0 Å². The van der Waals surface area contributed by atoms with Gasteiger partial charge >= 0.3 is 0 Å². The van der Waals surface area contributed by atoms with Gasteiger partial charge in [-0.1, -0.05) is 176 Å². The van der Waals surface area contributed by atoms with Gasteiger partial charge in [-0.05, 0) is 75.7 Å². The minimum absolute atomic E-state index is 0.728. The van der Waals surface area contributed by atoms with Crippen LogP contribution in [0, 0.1) is 0 Å². The Morgan fingerprint density at radius 1 is 0.365 bits per heavy atom. The molecule has 0 N–H and O–H groups in total. The molecule has 9 aromatic carbocycles. The third kappa shape index (κ3) is 5.14. The Labute approximate surface area is 365 Å². The maximum absolute atomic E-state index is 5.77. The third-order valence-corrected chi connectivity index (χ3v) is 17.9. The van der Waals surface area contributed by atoms with E-state index in [0.29, 0.717) is 0 Å². The lowest BCUT2D eigenvalue weighted by Gasteiger charge is -2.30. The molecular weight excluding hydrogens is 781 g/mol. The van der Waals surface area contributed by atoms with Crippen molar-refractivity contribution in [1.29, 1.82) is 0 Å². The minimum Gasteiger partial charge on any atom is -0.309 e. The Morgan fingerprint density at radius 3 is 1.62 bits per heavy atom. The number of para-hydroxylation sites is 3. The van der Waals surface area contributed by atoms with Crippen LogP contribution in [0.15, 0.2) is 231 Å². The molecule has 0 fully saturated rings. The second-order valence-electron chi connectivity index (χ2n) is 16.5. The summed E-state index contributed by atoms with van der Waals surface area (Å²) in [7, 11) is -2.90. The van der Waals surface area contributed by atoms with Crippen molar-refractivity contribution in [3.8, 4) is 45.1 Å². The van der Waals surface area contributed by atoms with E-state index in [0.717, 1.165) is 44.9 Å². The summed E-state index contributed by atoms with van der Waals surface area (Å²) in [5.74, 6) is 0.728. The maximum Gasteiger partial charge on any atom is 0.203 e. The van der Waals surface area contributed by atoms with Crippen molar-refractivity contribution in [3.63, 3.8) is 0 Å². The summed E-state index contributed by atoms with van der Waals surface area (Å²) in [5.41, 5.74) is 12.4. The van der Waals surface area contributed by atoms with Gasteiger partial charge in [0.1, 0.15) is 0 Å². The largest absolute Gasteiger partial charge is 0.309 e. The number of hydrogen-bond donors (Lipinski definition) is 0. The molecule has 1 aliphatic rings. The molecule has 0 spiro atoms. The molecule has 0 amide bonds. The zero-order valence-electron chi connectivity index (χ0n) is 34.2. The molecule has 5 heteroatoms. The molecule has 0 saturated heterocycles. The van der Waals surface area contributed by atoms with Crippen LogP contribution in [-0.4, -0.2) is 27.2 Å². The Morgan fingerprint density at radius 2 is 0.921 bits per heavy atom. The van der Waals surface area contributed by atoms with Gasteiger partial charge in [0.25, 0.3) is 0 Å². The summed E-state index contributed by atoms with van der Waals surface area (Å²) in [4.78, 5) is 11.3. The first-order valence-electron chi connectivity index (χ1n) is 21.6. The van der Waals surface area contributed by atoms with Crippen LogP contribution in [0.1, 0.15) is 0 Å². The summed E-state index contributed by atoms with van der Waals surface area (Å²) >= 11 is 0. The normalized spacial score (nSPS) is 12.9. The second kappa shape index (κ2) is 14.0. The SMILES string of the molecule is c1ccc(-c2nc(-c3ccc(-n4c5ccccc5c5ccc6c(c7ccccc7n6-c6ccccc6)c54)cc3)nc3c2-c2ccccc2[Si]3(c2ccccc2)c2ccccc2)cc1. The molecule has 0 bridgehead atoms. The van der Waals surface area contributed by atoms with Crippen molar-refractivity contribution in [2.24, 2.45) is 0 Å². The van der Waals surface area contributed by atoms with E-state index in [9.17, 15) is 0 Å². The van der Waals surface area contributed by atoms with Crippen molar-refractivity contribution in [1.82, 2.24) is 19.1 Å². The number of aromatic nitrogens is 4. The molecule has 1 aliphatic heterocycles. The Balaban J connectivity index is 1.06. The fourth-order valence-electron chi connectivity index (χ4n) is 10.6. The van der Waals surface area contributed by atoms with Gasteiger partial charge in [0.2, 0.25) is 8.07 Å². The van der Waals surface area contributed by atoms with Gasteiger partial charge in [0.15, 0.2) is 5.82 Å². The highest BCUT2D eigenvalue weighted by molar-refractivity contribution is 7.21. The Hall–Kier alpha value is -8.12. The number of nitrogens with zero attached hydrogens (tertiary/aromatic N) is 4. The quantitative estimate of drug-likeness (QED) is 0.157. The van der Waals surface area contributed by atoms with E-state index in [2.05, 4.69) is 240 Å². The maximum atomic E-state index is 5.77. The van der Waals surface area contributed by atoms with Gasteiger partial charge in [-0.15, -0.1) is 0 Å². The van der Waals surface area contributed by atoms with Gasteiger partial charge in [-0.2, -0.15) is 0 Å². The van der Waals surface area contributed by atoms with E-state index < -0.39 is 8.07 Å². The molecule has 0 saturated carbocycles. The molecule has 4 nitrogen and oxygen atoms in total. The third-order valence-electron chi connectivity index (χ3n) is 13.2. The average molecular weight is 819 g/mol. The standard InChI is InChI=1S/C58H38N4Si/c1-5-19-39(20-6-1)55-54-48-29-15-18-32-52(48)63(43-23-9-3-10-24-43,44-25-11-4-12-26-44)58(54)60-57(59-55)40-33-35-42(36-34-40)62-49-30-16-13-27-45(49)46-37-38-51-53(56(46)62)47-28-14-17-31-50(47)61(51)41-21-7-2-8-22-41/h1-38H. The topological polar surface area (TPSA) is 35.6 Å². The predicted octanol–water partition coefficient (Wildman–Crippen LogP) is 11.4. The van der Waals surface area contributed by atoms with Crippen molar-refractivity contribution in [3.05, 3.63) is 231 Å². The van der Waals surface area contributed by atoms with E-state index in [1.165, 1.54) is 64.7 Å². The molecule has 3 aromatic heterocycles. The average Bonchev–Trinajstić information content (AvgIpc) is 3.99. The molecule has 4 heterocycles. The molecule has 0 atom stereocenters. The fourth-order valence-corrected chi connectivity index (χ4v) is 15.6. The summed E-state index contributed by atoms with van der Waals surface area (Å²) in [5, 5.41) is 10.0. The summed E-state index contributed by atoms with van der Waals surface area (Å²) in [6, 6.07) is 83.6. The van der Waals surface area contributed by atoms with Crippen LogP contribution in [0.2, 0.25) is 0 Å². The van der Waals surface area contributed by atoms with Crippen LogP contribution in [0.25, 0.3) is 88.8 Å². The summed E-state index contributed by atoms with van der Waals surface area (Å²) in [6.45, 7) is 0. The molecule has 63 heavy (non-hydrogen) atoms. The molecule has 0 radical (unpaired) electrons. The number of fused-ring (bicyclic) bond motifs is 10. The van der Waals surface area contributed by atoms with Crippen LogP contribution in [0.4, 0.5) is 0 Å². The number of rotatable bonds is 6. The Bertz CT molecular complexity index is 3670. The molecule has 0 unspecified atom stereocenters. The zero-order chi connectivity index (χ0) is 41.5. The van der Waals surface area contributed by atoms with E-state index >= 15 is 0 Å². The van der Waals surface area contributed by atoms with E-state index in [-0.39, 0.29) is 0 Å². The lowest BCUT2D eigenvalue weighted by atomic mass is 10.0. The predicted molar refractivity (Wildman–Crippen MR) is 264 cm³/mol. The molecule has 0 aliphatic carbocycles. The van der Waals surface area contributed by atoms with Crippen molar-refractivity contribution in [2.75, 3.05) is 0 Å². The van der Waals surface area contributed by atoms with Gasteiger partial charge in [0.05, 0.1) is 33.1 Å². The van der Waals surface area contributed by atoms with E-state index in [4.69, 9.17) is 9.97 Å². The van der Waals surface area contributed by atoms with Crippen LogP contribution in [0.3, 0.4) is 0 Å². The highest BCUT2D eigenvalue weighted by Gasteiger charge is 2.51. The lowest BCUT2D eigenvalue weighted by molar-refractivity contribution is 1.17. The molecule has 294 valence electrons. The van der Waals surface area contributed by atoms with Crippen molar-refractivity contribution < 1.29 is 0 Å². The summed E-state index contributed by atoms with van der Waals surface area (Å²) < 4.78 is 4.86. The Kier molecular flexibility index (Phi) is 7.89. The van der Waals surface area contributed by atoms with Crippen LogP contribution in [0.5, 0.6) is 0 Å². The fraction of sp³-hybridized carbons (Fsp3) is 0. The first-order valence-corrected chi connectivity index (χ1v) is 23.6. The van der Waals surface area contributed by atoms with E-state index in [1.54, 1.807) is 0 Å². The van der Waals surface area contributed by atoms with Crippen LogP contribution < -0.4 is 20.9 Å². The molecule has 12 aromatic rings. The van der Waals surface area contributed by atoms with Crippen molar-refractivity contribution >= 4 is 72.6 Å². The monoisotopic (exact) mass is 818 g/mol. The minimum atomic E-state index is -2.90. The number of hydrogen-bond acceptors (Lipinski definition) is 2. The van der Waals surface area contributed by atoms with Gasteiger partial charge < -0.3 is 9.13 Å². The first kappa shape index (κ1) is 35.6. The van der Waals surface area contributed by atoms with Crippen LogP contribution in [-0.2, 0) is 0 Å². The van der Waals surface area contributed by atoms with Gasteiger partial charge in [0, 0.05) is 49.6 Å². The highest BCUT2D eigenvalue weighted by Crippen LogP contribution is 2.42. The van der Waals surface area contributed by atoms with Gasteiger partial charge in [-0.3, -0.25) is 0 Å². The number of benzene rings is 9. The van der Waals surface area contributed by atoms with E-state index in [1.807, 2.05) is 0 Å². The molecule has 13 rings (SSSR count). The zero-order valence-corrected chi connectivity index (χ0v) is 35.2. The van der Waals surface area contributed by atoms with Crippen molar-refractivity contribution in [2.45, 2.75) is 0 Å². The highest BCUT2D eigenvalue weighted by atomic mass is 28.3.